The van der Waals surface area contributed by atoms with Crippen molar-refractivity contribution in [3.8, 4) is 12.3 Å². The largest absolute Gasteiger partial charge is 0.377 e. The zero-order chi connectivity index (χ0) is 23.2. The van der Waals surface area contributed by atoms with Gasteiger partial charge in [-0.3, -0.25) is 4.79 Å². The Morgan fingerprint density at radius 1 is 1.58 bits per heavy atom. The first-order chi connectivity index (χ1) is 14.2. The highest BCUT2D eigenvalue weighted by Gasteiger charge is 2.64. The topological polar surface area (TPSA) is 37.3 Å². The fraction of sp³-hybridized carbons (Fsp3) is 0.682. The molecule has 0 saturated heterocycles. The molecule has 0 heterocycles. The van der Waals surface area contributed by atoms with E-state index in [1.165, 1.54) is 0 Å². The van der Waals surface area contributed by atoms with Gasteiger partial charge in [0.1, 0.15) is 6.97 Å². The lowest BCUT2D eigenvalue weighted by atomic mass is 9.48. The highest BCUT2D eigenvalue weighted by molar-refractivity contribution is 5.91. The first-order valence-corrected chi connectivity index (χ1v) is 8.81. The lowest BCUT2D eigenvalue weighted by Crippen LogP contribution is -2.54. The zero-order valence-electron chi connectivity index (χ0n) is 21.0. The number of fused-ring (bicyclic) bond motifs is 5. The molecule has 0 aromatic rings. The molecule has 0 unspecified atom stereocenters. The Hall–Kier alpha value is -1.33. The van der Waals surface area contributed by atoms with Crippen molar-refractivity contribution in [3.63, 3.8) is 0 Å². The van der Waals surface area contributed by atoms with Gasteiger partial charge in [0.2, 0.25) is 0 Å². The van der Waals surface area contributed by atoms with Crippen LogP contribution in [0, 0.1) is 41.4 Å². The van der Waals surface area contributed by atoms with Crippen LogP contribution in [0.3, 0.4) is 0 Å². The van der Waals surface area contributed by atoms with Gasteiger partial charge in [-0.2, -0.15) is 0 Å². The summed E-state index contributed by atoms with van der Waals surface area (Å²) < 4.78 is 58.7. The average Bonchev–Trinajstić information content (AvgIpc) is 2.91. The molecule has 0 aromatic carbocycles. The number of terminal acetylenes is 1. The minimum absolute atomic E-state index is 0.0118. The Labute approximate surface area is 155 Å². The minimum Gasteiger partial charge on any atom is -0.377 e. The molecule has 2 heteroatoms. The van der Waals surface area contributed by atoms with Gasteiger partial charge in [-0.25, -0.2) is 0 Å². The molecular weight excluding hydrogens is 296 g/mol. The molecule has 0 radical (unpaired) electrons. The maximum absolute atomic E-state index is 12.5. The van der Waals surface area contributed by atoms with E-state index in [9.17, 15) is 11.3 Å². The second-order valence-electron chi connectivity index (χ2n) is 7.71. The van der Waals surface area contributed by atoms with E-state index in [4.69, 9.17) is 8.22 Å². The molecule has 3 fully saturated rings. The maximum atomic E-state index is 12.5. The number of allylic oxidation sites excluding steroid dienone is 2. The normalized spacial score (nSPS) is 58.9. The molecule has 4 rings (SSSR count). The number of carbonyl (C=O) groups excluding carboxylic acids is 1. The van der Waals surface area contributed by atoms with Gasteiger partial charge in [-0.1, -0.05) is 30.6 Å². The Kier molecular flexibility index (Phi) is 2.22. The number of aliphatic hydroxyl groups is 1. The van der Waals surface area contributed by atoms with Crippen molar-refractivity contribution in [1.29, 1.82) is 0 Å². The standard InChI is InChI=1S/C22H28O2/c1-4-21-13-14(3)20-17-9-7-16(23)12-15(17)6-8-18(20)19(21)10-11-22(21,24)5-2/h2,12,17-20,24H,3-4,6-11,13H2,1H3/t17-,18-,19-,20+,21-,22-/m1/s1/i2D,6D2,7D2,12D,17D. The lowest BCUT2D eigenvalue weighted by Gasteiger charge is -2.56. The molecule has 128 valence electrons. The third-order valence-electron chi connectivity index (χ3n) is 7.00. The molecule has 2 nitrogen and oxygen atoms in total. The third-order valence-corrected chi connectivity index (χ3v) is 7.00. The average molecular weight is 332 g/mol. The molecule has 1 N–H and O–H groups in total. The maximum Gasteiger partial charge on any atom is 0.155 e. The van der Waals surface area contributed by atoms with Gasteiger partial charge in [-0.15, -0.1) is 6.40 Å². The molecule has 0 amide bonds. The summed E-state index contributed by atoms with van der Waals surface area (Å²) in [6.07, 6.45) is -1.09. The van der Waals surface area contributed by atoms with E-state index in [1.807, 2.05) is 6.92 Å². The minimum atomic E-state index is -2.41. The molecule has 4 aliphatic rings. The zero-order valence-corrected chi connectivity index (χ0v) is 14.0. The smallest absolute Gasteiger partial charge is 0.155 e. The van der Waals surface area contributed by atoms with Gasteiger partial charge in [0.25, 0.3) is 0 Å². The molecule has 3 saturated carbocycles. The molecule has 0 aliphatic heterocycles. The number of hydrogen-bond donors (Lipinski definition) is 1. The Morgan fingerprint density at radius 3 is 3.17 bits per heavy atom. The predicted molar refractivity (Wildman–Crippen MR) is 95.0 cm³/mol. The molecule has 0 bridgehead atoms. The lowest BCUT2D eigenvalue weighted by molar-refractivity contribution is -0.116. The molecular formula is C22H28O2. The van der Waals surface area contributed by atoms with Gasteiger partial charge < -0.3 is 5.11 Å². The van der Waals surface area contributed by atoms with Crippen molar-refractivity contribution in [2.75, 3.05) is 0 Å². The van der Waals surface area contributed by atoms with E-state index < -0.39 is 59.7 Å². The Balaban J connectivity index is 1.91. The number of rotatable bonds is 1. The van der Waals surface area contributed by atoms with Crippen molar-refractivity contribution >= 4 is 5.78 Å². The van der Waals surface area contributed by atoms with Crippen LogP contribution in [-0.2, 0) is 4.79 Å². The Morgan fingerprint density at radius 2 is 2.42 bits per heavy atom. The molecule has 0 spiro atoms. The van der Waals surface area contributed by atoms with Crippen molar-refractivity contribution in [1.82, 2.24) is 0 Å². The summed E-state index contributed by atoms with van der Waals surface area (Å²) in [5.41, 5.74) is -1.69. The van der Waals surface area contributed by atoms with Crippen molar-refractivity contribution in [2.45, 2.75) is 63.8 Å². The highest BCUT2D eigenvalue weighted by Crippen LogP contribution is 2.67. The molecule has 24 heavy (non-hydrogen) atoms. The van der Waals surface area contributed by atoms with Crippen LogP contribution in [0.5, 0.6) is 0 Å². The van der Waals surface area contributed by atoms with Crippen molar-refractivity contribution in [2.24, 2.45) is 29.1 Å². The summed E-state index contributed by atoms with van der Waals surface area (Å²) in [6, 6.07) is -0.710. The van der Waals surface area contributed by atoms with Crippen molar-refractivity contribution < 1.29 is 19.5 Å². The molecule has 4 aliphatic carbocycles. The first-order valence-electron chi connectivity index (χ1n) is 12.3. The van der Waals surface area contributed by atoms with E-state index in [0.29, 0.717) is 31.3 Å². The number of ketones is 1. The van der Waals surface area contributed by atoms with Gasteiger partial charge in [-0.05, 0) is 74.6 Å². The fourth-order valence-corrected chi connectivity index (χ4v) is 5.92. The van der Waals surface area contributed by atoms with E-state index in [0.717, 1.165) is 0 Å². The van der Waals surface area contributed by atoms with E-state index >= 15 is 0 Å². The summed E-state index contributed by atoms with van der Waals surface area (Å²) in [5.74, 6) is -1.32. The number of carbonyl (C=O) groups is 1. The summed E-state index contributed by atoms with van der Waals surface area (Å²) >= 11 is 0. The predicted octanol–water partition coefficient (Wildman–Crippen LogP) is 4.05. The fourth-order valence-electron chi connectivity index (χ4n) is 5.92. The van der Waals surface area contributed by atoms with E-state index in [-0.39, 0.29) is 17.9 Å². The van der Waals surface area contributed by atoms with Gasteiger partial charge in [0, 0.05) is 18.6 Å². The van der Waals surface area contributed by atoms with Crippen LogP contribution in [-0.4, -0.2) is 16.5 Å². The van der Waals surface area contributed by atoms with Gasteiger partial charge >= 0.3 is 0 Å². The summed E-state index contributed by atoms with van der Waals surface area (Å²) in [5, 5.41) is 11.4. The van der Waals surface area contributed by atoms with Crippen LogP contribution >= 0.6 is 0 Å². The van der Waals surface area contributed by atoms with E-state index in [1.54, 1.807) is 0 Å². The number of hydrogen-bond acceptors (Lipinski definition) is 2. The van der Waals surface area contributed by atoms with Crippen LogP contribution in [0.4, 0.5) is 0 Å². The third kappa shape index (κ3) is 1.91. The second-order valence-corrected chi connectivity index (χ2v) is 7.71. The van der Waals surface area contributed by atoms with Crippen LogP contribution in [0.25, 0.3) is 0 Å². The van der Waals surface area contributed by atoms with Crippen molar-refractivity contribution in [3.05, 3.63) is 23.8 Å². The first kappa shape index (κ1) is 9.97. The molecule has 0 aromatic heterocycles. The molecule has 6 atom stereocenters. The van der Waals surface area contributed by atoms with E-state index in [2.05, 4.69) is 18.9 Å². The summed E-state index contributed by atoms with van der Waals surface area (Å²) in [4.78, 5) is 12.5. The Bertz CT molecular complexity index is 961. The highest BCUT2D eigenvalue weighted by atomic mass is 16.3. The van der Waals surface area contributed by atoms with Crippen LogP contribution in [0.15, 0.2) is 23.8 Å². The van der Waals surface area contributed by atoms with Crippen LogP contribution in [0.1, 0.15) is 67.8 Å². The SMILES string of the molecule is [2H]C#C[C@@]1(O)CC[C@@H]2[C@H]3CC([2H])([2H])C4=C([2H])C(=O)C([2H])([2H])C[C@@]4([2H])[C@@H]3C(=C)C[C@]21CC. The van der Waals surface area contributed by atoms with Gasteiger partial charge in [0.15, 0.2) is 5.78 Å². The van der Waals surface area contributed by atoms with Crippen LogP contribution < -0.4 is 0 Å². The quantitative estimate of drug-likeness (QED) is 0.581. The second kappa shape index (κ2) is 5.33. The van der Waals surface area contributed by atoms with Gasteiger partial charge in [0.05, 0.1) is 1.37 Å². The summed E-state index contributed by atoms with van der Waals surface area (Å²) in [6.45, 7) is 6.16. The van der Waals surface area contributed by atoms with Crippen LogP contribution in [0.2, 0.25) is 0 Å². The monoisotopic (exact) mass is 331 g/mol. The summed E-state index contributed by atoms with van der Waals surface area (Å²) in [7, 11) is 0.